The molecule has 0 radical (unpaired) electrons. The van der Waals surface area contributed by atoms with Gasteiger partial charge < -0.3 is 80.0 Å². The van der Waals surface area contributed by atoms with Gasteiger partial charge in [0.15, 0.2) is 11.9 Å². The summed E-state index contributed by atoms with van der Waals surface area (Å²) in [7, 11) is 0. The molecule has 2 saturated heterocycles. The van der Waals surface area contributed by atoms with Gasteiger partial charge in [-0.25, -0.2) is 14.8 Å². The van der Waals surface area contributed by atoms with Gasteiger partial charge in [0, 0.05) is 97.2 Å². The highest BCUT2D eigenvalue weighted by molar-refractivity contribution is 6.11. The highest BCUT2D eigenvalue weighted by atomic mass is 16.4. The van der Waals surface area contributed by atoms with Crippen LogP contribution in [0.5, 0.6) is 0 Å². The number of carbonyl (C=O) groups excluding carboxylic acids is 6. The summed E-state index contributed by atoms with van der Waals surface area (Å²) in [6.07, 6.45) is 8.33. The van der Waals surface area contributed by atoms with Crippen LogP contribution in [0.3, 0.4) is 0 Å². The lowest BCUT2D eigenvalue weighted by atomic mass is 10.0. The van der Waals surface area contributed by atoms with E-state index in [9.17, 15) is 38.7 Å². The third kappa shape index (κ3) is 19.4. The summed E-state index contributed by atoms with van der Waals surface area (Å²) in [5.74, 6) is -4.81. The van der Waals surface area contributed by atoms with Crippen LogP contribution in [0.25, 0.3) is 21.8 Å². The molecule has 17 N–H and O–H groups in total. The molecule has 0 aliphatic carbocycles. The summed E-state index contributed by atoms with van der Waals surface area (Å²) in [6, 6.07) is 21.5. The normalized spacial score (nSPS) is 14.7. The zero-order chi connectivity index (χ0) is 61.7. The van der Waals surface area contributed by atoms with E-state index in [4.69, 9.17) is 27.9 Å². The van der Waals surface area contributed by atoms with E-state index in [1.54, 1.807) is 48.5 Å². The maximum atomic E-state index is 14.6. The average molecular weight is 1190 g/mol. The number of aliphatic imine (C=N–C) groups is 2. The van der Waals surface area contributed by atoms with Gasteiger partial charge in [-0.3, -0.25) is 38.8 Å². The number of carboxylic acids is 1. The number of guanidine groups is 2. The summed E-state index contributed by atoms with van der Waals surface area (Å²) in [6.45, 7) is 5.54. The van der Waals surface area contributed by atoms with E-state index in [-0.39, 0.29) is 80.9 Å². The Balaban J connectivity index is 1.01. The number of fused-ring (bicyclic) bond motifs is 2. The lowest BCUT2D eigenvalue weighted by molar-refractivity contribution is -0.142. The van der Waals surface area contributed by atoms with Crippen LogP contribution in [0.1, 0.15) is 85.8 Å². The van der Waals surface area contributed by atoms with Crippen molar-refractivity contribution >= 4 is 97.9 Å². The molecule has 6 amide bonds. The minimum Gasteiger partial charge on any atom is -0.480 e. The first kappa shape index (κ1) is 63.3. The van der Waals surface area contributed by atoms with E-state index in [2.05, 4.69) is 67.0 Å². The summed E-state index contributed by atoms with van der Waals surface area (Å²) in [4.78, 5) is 120. The Morgan fingerprint density at radius 1 is 0.586 bits per heavy atom. The maximum Gasteiger partial charge on any atom is 0.326 e. The number of nitrogens with zero attached hydrogens (tertiary/aromatic N) is 6. The number of aromatic nitrogens is 3. The van der Waals surface area contributed by atoms with Gasteiger partial charge in [-0.05, 0) is 144 Å². The number of rotatable bonds is 31. The number of amides is 6. The van der Waals surface area contributed by atoms with Crippen LogP contribution in [0.15, 0.2) is 114 Å². The number of benzene rings is 4. The van der Waals surface area contributed by atoms with Crippen molar-refractivity contribution in [1.82, 2.24) is 46.0 Å². The fourth-order valence-electron chi connectivity index (χ4n) is 10.5. The summed E-state index contributed by atoms with van der Waals surface area (Å²) in [5, 5.41) is 32.0. The average Bonchev–Trinajstić information content (AvgIpc) is 2.05. The molecule has 2 aliphatic heterocycles. The molecular weight excluding hydrogens is 1110 g/mol. The Bertz CT molecular complexity index is 3310. The number of hydrogen-bond donors (Lipinski definition) is 13. The number of H-pyrrole nitrogens is 1. The molecule has 0 spiro atoms. The highest BCUT2D eigenvalue weighted by Gasteiger charge is 2.32. The topological polar surface area (TPSA) is 401 Å². The van der Waals surface area contributed by atoms with Crippen molar-refractivity contribution in [3.05, 3.63) is 120 Å². The molecule has 460 valence electrons. The Morgan fingerprint density at radius 3 is 1.60 bits per heavy atom. The molecule has 0 unspecified atom stereocenters. The van der Waals surface area contributed by atoms with E-state index in [1.807, 2.05) is 42.5 Å². The number of nitrogens with one attached hydrogen (secondary N) is 8. The third-order valence-corrected chi connectivity index (χ3v) is 15.1. The van der Waals surface area contributed by atoms with E-state index < -0.39 is 53.8 Å². The smallest absolute Gasteiger partial charge is 0.326 e. The molecule has 6 aromatic rings. The molecule has 4 heterocycles. The number of aliphatic carboxylic acids is 1. The molecular formula is C61H78N18O8. The van der Waals surface area contributed by atoms with Crippen molar-refractivity contribution < 1.29 is 38.7 Å². The van der Waals surface area contributed by atoms with Crippen LogP contribution in [0.4, 0.5) is 22.7 Å². The van der Waals surface area contributed by atoms with Crippen molar-refractivity contribution in [1.29, 1.82) is 0 Å². The molecule has 26 heteroatoms. The minimum absolute atomic E-state index is 0.0151. The number of pyridine rings is 1. The van der Waals surface area contributed by atoms with E-state index in [0.717, 1.165) is 62.6 Å². The van der Waals surface area contributed by atoms with Crippen LogP contribution in [-0.2, 0) is 41.6 Å². The molecule has 8 rings (SSSR count). The molecule has 2 fully saturated rings. The van der Waals surface area contributed by atoms with Crippen molar-refractivity contribution in [2.24, 2.45) is 32.9 Å². The SMILES string of the molecule is NC(N)=NCCC[C@H](NC(=O)[C@H](Cc1cnc[nH]1)NC(=O)[C@H](CCCN=C(N)N)NC(=O)[C@H](Cc1ccccc1)NC(=O)c1ccc(Nc2c3ccc(NC(=O)CCN4CCCC4)cc3nc3cc(NC(=O)CCN4CCCC4)ccc23)cc1)C(=O)O. The summed E-state index contributed by atoms with van der Waals surface area (Å²) >= 11 is 0. The molecule has 26 nitrogen and oxygen atoms in total. The summed E-state index contributed by atoms with van der Waals surface area (Å²) < 4.78 is 0. The zero-order valence-corrected chi connectivity index (χ0v) is 48.6. The van der Waals surface area contributed by atoms with Crippen molar-refractivity contribution in [2.45, 2.75) is 101 Å². The predicted octanol–water partition coefficient (Wildman–Crippen LogP) is 2.93. The maximum absolute atomic E-state index is 14.6. The Hall–Kier alpha value is -9.69. The number of imidazole rings is 1. The lowest BCUT2D eigenvalue weighted by Crippen LogP contribution is -2.58. The van der Waals surface area contributed by atoms with Crippen molar-refractivity contribution in [3.63, 3.8) is 0 Å². The molecule has 2 aliphatic rings. The monoisotopic (exact) mass is 1190 g/mol. The van der Waals surface area contributed by atoms with E-state index >= 15 is 0 Å². The molecule has 2 aromatic heterocycles. The molecule has 0 saturated carbocycles. The Labute approximate surface area is 503 Å². The van der Waals surface area contributed by atoms with Gasteiger partial charge in [0.05, 0.1) is 23.0 Å². The number of likely N-dealkylation sites (tertiary alicyclic amines) is 2. The van der Waals surface area contributed by atoms with E-state index in [0.29, 0.717) is 71.0 Å². The van der Waals surface area contributed by atoms with Crippen LogP contribution in [0, 0.1) is 0 Å². The van der Waals surface area contributed by atoms with Crippen molar-refractivity contribution in [3.8, 4) is 0 Å². The van der Waals surface area contributed by atoms with Crippen LogP contribution in [0.2, 0.25) is 0 Å². The van der Waals surface area contributed by atoms with Crippen molar-refractivity contribution in [2.75, 3.05) is 68.3 Å². The van der Waals surface area contributed by atoms with Gasteiger partial charge in [0.1, 0.15) is 24.2 Å². The number of hydrogen-bond acceptors (Lipinski definition) is 14. The lowest BCUT2D eigenvalue weighted by Gasteiger charge is -2.26. The number of aromatic amines is 1. The Morgan fingerprint density at radius 2 is 1.08 bits per heavy atom. The van der Waals surface area contributed by atoms with Gasteiger partial charge in [-0.2, -0.15) is 0 Å². The third-order valence-electron chi connectivity index (χ3n) is 15.1. The molecule has 87 heavy (non-hydrogen) atoms. The first-order valence-electron chi connectivity index (χ1n) is 29.4. The van der Waals surface area contributed by atoms with Crippen LogP contribution in [-0.4, -0.2) is 160 Å². The largest absolute Gasteiger partial charge is 0.480 e. The molecule has 4 aromatic carbocycles. The fraction of sp³-hybridized carbons (Fsp3) is 0.393. The second-order valence-corrected chi connectivity index (χ2v) is 21.8. The Kier molecular flexibility index (Phi) is 22.9. The number of anilines is 4. The standard InChI is InChI=1S/C61H78N18O8/c62-60(63)67-24-8-12-46(56(83)77-51(35-43-36-66-37-69-43)58(85)75-47(59(86)87)13-9-25-68-61(64)65)74-57(84)50(32-38-10-2-1-3-11-38)76-55(82)39-14-16-40(17-15-39)72-54-44-20-18-41(70-52(80)22-30-78-26-4-5-27-78)33-48(44)73-49-34-42(19-21-45(49)54)71-53(81)23-31-79-28-6-7-29-79/h1-3,10-11,14-21,33-34,36-37,46-47,50-51H,4-9,12-13,22-32,35H2,(H,66,69)(H,70,80)(H,71,81)(H,72,73)(H,74,84)(H,75,85)(H,76,82)(H,77,83)(H,86,87)(H4,62,63,67)(H4,64,65,68)/t46-,47-,50-,51-/m0/s1. The van der Waals surface area contributed by atoms with Gasteiger partial charge >= 0.3 is 5.97 Å². The molecule has 4 atom stereocenters. The summed E-state index contributed by atoms with van der Waals surface area (Å²) in [5.41, 5.74) is 27.0. The zero-order valence-electron chi connectivity index (χ0n) is 48.6. The number of carboxylic acid groups (broad SMARTS) is 1. The van der Waals surface area contributed by atoms with Gasteiger partial charge in [0.2, 0.25) is 29.5 Å². The highest BCUT2D eigenvalue weighted by Crippen LogP contribution is 2.36. The van der Waals surface area contributed by atoms with E-state index in [1.165, 1.54) is 12.5 Å². The second-order valence-electron chi connectivity index (χ2n) is 21.8. The van der Waals surface area contributed by atoms with Gasteiger partial charge in [-0.15, -0.1) is 0 Å². The van der Waals surface area contributed by atoms with Gasteiger partial charge in [-0.1, -0.05) is 30.3 Å². The first-order valence-corrected chi connectivity index (χ1v) is 29.4. The second kappa shape index (κ2) is 31.4. The minimum atomic E-state index is -1.36. The fourth-order valence-corrected chi connectivity index (χ4v) is 10.5. The number of nitrogens with two attached hydrogens (primary N) is 4. The predicted molar refractivity (Wildman–Crippen MR) is 334 cm³/mol. The van der Waals surface area contributed by atoms with Gasteiger partial charge in [0.25, 0.3) is 5.91 Å². The quantitative estimate of drug-likeness (QED) is 0.0129. The molecule has 0 bridgehead atoms. The van der Waals surface area contributed by atoms with Crippen LogP contribution >= 0.6 is 0 Å². The number of carbonyl (C=O) groups is 7. The first-order chi connectivity index (χ1) is 42.0. The van der Waals surface area contributed by atoms with Crippen LogP contribution < -0.4 is 60.2 Å².